The topological polar surface area (TPSA) is 114 Å². The monoisotopic (exact) mass is 554 g/mol. The van der Waals surface area contributed by atoms with Crippen LogP contribution >= 0.6 is 0 Å². The quantitative estimate of drug-likeness (QED) is 0.294. The van der Waals surface area contributed by atoms with Gasteiger partial charge in [-0.25, -0.2) is 19.3 Å². The molecule has 0 radical (unpaired) electrons. The molecular weight excluding hydrogens is 519 g/mol. The lowest BCUT2D eigenvalue weighted by molar-refractivity contribution is 0.413. The number of halogens is 1. The molecule has 0 aliphatic carbocycles. The number of piperidine rings is 2. The highest BCUT2D eigenvalue weighted by Gasteiger charge is 2.22. The Morgan fingerprint density at radius 2 is 1.90 bits per heavy atom. The number of nitrogens with zero attached hydrogens (tertiary/aromatic N) is 5. The second-order valence-electron chi connectivity index (χ2n) is 10.6. The molecule has 1 aromatic carbocycles. The molecule has 0 amide bonds. The predicted molar refractivity (Wildman–Crippen MR) is 159 cm³/mol. The van der Waals surface area contributed by atoms with Crippen LogP contribution in [0.1, 0.15) is 37.3 Å². The molecule has 212 valence electrons. The Labute approximate surface area is 239 Å². The Hall–Kier alpha value is -4.15. The van der Waals surface area contributed by atoms with Crippen LogP contribution in [0.5, 0.6) is 5.75 Å². The third-order valence-corrected chi connectivity index (χ3v) is 7.87. The van der Waals surface area contributed by atoms with E-state index in [-0.39, 0.29) is 17.4 Å². The van der Waals surface area contributed by atoms with Crippen LogP contribution in [-0.2, 0) is 0 Å². The number of rotatable bonds is 7. The number of aromatic nitrogens is 4. The number of pyridine rings is 2. The first kappa shape index (κ1) is 27.0. The van der Waals surface area contributed by atoms with Gasteiger partial charge >= 0.3 is 0 Å². The number of nitrogens with two attached hydrogens (primary N) is 1. The molecule has 4 N–H and O–H groups in total. The lowest BCUT2D eigenvalue weighted by atomic mass is 9.93. The van der Waals surface area contributed by atoms with E-state index >= 15 is 0 Å². The molecule has 4 aromatic rings. The van der Waals surface area contributed by atoms with Gasteiger partial charge in [0.2, 0.25) is 0 Å². The molecule has 0 unspecified atom stereocenters. The molecule has 2 aliphatic rings. The molecule has 9 nitrogen and oxygen atoms in total. The Kier molecular flexibility index (Phi) is 8.02. The van der Waals surface area contributed by atoms with Crippen molar-refractivity contribution < 1.29 is 9.13 Å². The van der Waals surface area contributed by atoms with Crippen molar-refractivity contribution in [1.29, 1.82) is 0 Å². The summed E-state index contributed by atoms with van der Waals surface area (Å²) in [5, 5.41) is 6.71. The maximum atomic E-state index is 14.7. The number of hydrogen-bond donors (Lipinski definition) is 3. The van der Waals surface area contributed by atoms with E-state index < -0.39 is 5.82 Å². The van der Waals surface area contributed by atoms with Crippen molar-refractivity contribution in [2.24, 2.45) is 5.73 Å². The smallest absolute Gasteiger partial charge is 0.168 e. The SMILES string of the molecule is COc1cccc(F)c1-c1nccc(Nc2cc(N3CCC[C@H](N)C3)c(-c3ccc(C4CCNCC4)nc3)cn2)n1. The second-order valence-corrected chi connectivity index (χ2v) is 10.6. The molecule has 0 saturated carbocycles. The highest BCUT2D eigenvalue weighted by atomic mass is 19.1. The van der Waals surface area contributed by atoms with Gasteiger partial charge in [-0.2, -0.15) is 0 Å². The zero-order valence-corrected chi connectivity index (χ0v) is 23.2. The number of methoxy groups -OCH3 is 1. The van der Waals surface area contributed by atoms with Gasteiger partial charge in [0.15, 0.2) is 5.82 Å². The highest BCUT2D eigenvalue weighted by Crippen LogP contribution is 2.36. The first-order valence-electron chi connectivity index (χ1n) is 14.2. The fourth-order valence-electron chi connectivity index (χ4n) is 5.72. The Balaban J connectivity index is 1.31. The fraction of sp³-hybridized carbons (Fsp3) is 0.355. The van der Waals surface area contributed by atoms with Crippen molar-refractivity contribution in [2.45, 2.75) is 37.6 Å². The minimum absolute atomic E-state index is 0.113. The van der Waals surface area contributed by atoms with Crippen molar-refractivity contribution in [1.82, 2.24) is 25.3 Å². The molecular formula is C31H35FN8O. The summed E-state index contributed by atoms with van der Waals surface area (Å²) in [5.74, 6) is 1.75. The van der Waals surface area contributed by atoms with E-state index in [4.69, 9.17) is 20.4 Å². The summed E-state index contributed by atoms with van der Waals surface area (Å²) >= 11 is 0. The summed E-state index contributed by atoms with van der Waals surface area (Å²) in [7, 11) is 1.50. The summed E-state index contributed by atoms with van der Waals surface area (Å²) in [6.45, 7) is 3.75. The van der Waals surface area contributed by atoms with Gasteiger partial charge in [-0.3, -0.25) is 4.98 Å². The molecule has 41 heavy (non-hydrogen) atoms. The zero-order chi connectivity index (χ0) is 28.2. The summed E-state index contributed by atoms with van der Waals surface area (Å²) in [6, 6.07) is 12.8. The molecule has 2 saturated heterocycles. The van der Waals surface area contributed by atoms with Gasteiger partial charge in [0, 0.05) is 72.2 Å². The van der Waals surface area contributed by atoms with Crippen LogP contribution in [0.15, 0.2) is 61.1 Å². The van der Waals surface area contributed by atoms with E-state index in [1.165, 1.54) is 13.2 Å². The average Bonchev–Trinajstić information content (AvgIpc) is 3.01. The number of hydrogen-bond acceptors (Lipinski definition) is 9. The first-order valence-corrected chi connectivity index (χ1v) is 14.2. The Morgan fingerprint density at radius 1 is 1.02 bits per heavy atom. The van der Waals surface area contributed by atoms with Gasteiger partial charge in [0.1, 0.15) is 23.2 Å². The molecule has 2 aliphatic heterocycles. The van der Waals surface area contributed by atoms with Crippen molar-refractivity contribution in [3.05, 3.63) is 72.6 Å². The van der Waals surface area contributed by atoms with Crippen LogP contribution in [0.25, 0.3) is 22.5 Å². The maximum absolute atomic E-state index is 14.7. The van der Waals surface area contributed by atoms with Crippen LogP contribution in [-0.4, -0.2) is 59.3 Å². The highest BCUT2D eigenvalue weighted by molar-refractivity contribution is 5.80. The van der Waals surface area contributed by atoms with Gasteiger partial charge in [-0.15, -0.1) is 0 Å². The summed E-state index contributed by atoms with van der Waals surface area (Å²) in [4.78, 5) is 20.8. The maximum Gasteiger partial charge on any atom is 0.168 e. The summed E-state index contributed by atoms with van der Waals surface area (Å²) < 4.78 is 20.0. The summed E-state index contributed by atoms with van der Waals surface area (Å²) in [5.41, 5.74) is 10.8. The van der Waals surface area contributed by atoms with E-state index in [9.17, 15) is 4.39 Å². The molecule has 3 aromatic heterocycles. The van der Waals surface area contributed by atoms with Crippen LogP contribution in [0.4, 0.5) is 21.7 Å². The van der Waals surface area contributed by atoms with Gasteiger partial charge < -0.3 is 26.0 Å². The van der Waals surface area contributed by atoms with Crippen LogP contribution in [0.3, 0.4) is 0 Å². The predicted octanol–water partition coefficient (Wildman–Crippen LogP) is 4.89. The van der Waals surface area contributed by atoms with Gasteiger partial charge in [-0.1, -0.05) is 12.1 Å². The van der Waals surface area contributed by atoms with Crippen molar-refractivity contribution in [2.75, 3.05) is 43.5 Å². The lowest BCUT2D eigenvalue weighted by Crippen LogP contribution is -2.43. The van der Waals surface area contributed by atoms with Crippen LogP contribution < -0.4 is 26.0 Å². The van der Waals surface area contributed by atoms with Crippen LogP contribution in [0.2, 0.25) is 0 Å². The molecule has 0 bridgehead atoms. The lowest BCUT2D eigenvalue weighted by Gasteiger charge is -2.34. The third kappa shape index (κ3) is 5.98. The number of nitrogens with one attached hydrogen (secondary N) is 2. The zero-order valence-electron chi connectivity index (χ0n) is 23.2. The number of ether oxygens (including phenoxy) is 1. The molecule has 1 atom stereocenters. The number of benzene rings is 1. The molecule has 0 spiro atoms. The first-order chi connectivity index (χ1) is 20.1. The van der Waals surface area contributed by atoms with E-state index in [1.807, 2.05) is 18.5 Å². The van der Waals surface area contributed by atoms with Crippen LogP contribution in [0, 0.1) is 5.82 Å². The van der Waals surface area contributed by atoms with Gasteiger partial charge in [0.05, 0.1) is 12.7 Å². The molecule has 2 fully saturated rings. The second kappa shape index (κ2) is 12.2. The standard InChI is InChI=1S/C31H35FN8O/c1-41-27-6-2-5-24(32)30(27)31-35-14-11-28(39-31)38-29-16-26(40-15-3-4-22(33)19-40)23(18-37-29)21-7-8-25(36-17-21)20-9-12-34-13-10-20/h2,5-8,11,14,16-18,20,22,34H,3-4,9-10,12-13,15,19,33H2,1H3,(H,35,37,38,39)/t22-/m0/s1. The molecule has 6 rings (SSSR count). The largest absolute Gasteiger partial charge is 0.496 e. The van der Waals surface area contributed by atoms with E-state index in [2.05, 4.69) is 37.6 Å². The third-order valence-electron chi connectivity index (χ3n) is 7.87. The average molecular weight is 555 g/mol. The van der Waals surface area contributed by atoms with E-state index in [0.717, 1.165) is 74.4 Å². The van der Waals surface area contributed by atoms with Gasteiger partial charge in [-0.05, 0) is 63.0 Å². The van der Waals surface area contributed by atoms with Crippen molar-refractivity contribution >= 4 is 17.3 Å². The molecule has 5 heterocycles. The van der Waals surface area contributed by atoms with Gasteiger partial charge in [0.25, 0.3) is 0 Å². The van der Waals surface area contributed by atoms with E-state index in [0.29, 0.717) is 23.3 Å². The summed E-state index contributed by atoms with van der Waals surface area (Å²) in [6.07, 6.45) is 9.69. The minimum atomic E-state index is -0.451. The fourth-order valence-corrected chi connectivity index (χ4v) is 5.72. The van der Waals surface area contributed by atoms with Crippen molar-refractivity contribution in [3.8, 4) is 28.3 Å². The Bertz CT molecular complexity index is 1490. The van der Waals surface area contributed by atoms with E-state index in [1.54, 1.807) is 24.4 Å². The Morgan fingerprint density at radius 3 is 2.68 bits per heavy atom. The normalized spacial score (nSPS) is 17.8. The molecule has 10 heteroatoms. The number of anilines is 3. The van der Waals surface area contributed by atoms with Crippen molar-refractivity contribution in [3.63, 3.8) is 0 Å². The minimum Gasteiger partial charge on any atom is -0.496 e.